The lowest BCUT2D eigenvalue weighted by Gasteiger charge is -2.06. The van der Waals surface area contributed by atoms with Crippen LogP contribution in [0.5, 0.6) is 23.0 Å². The topological polar surface area (TPSA) is 102 Å². The summed E-state index contributed by atoms with van der Waals surface area (Å²) in [5, 5.41) is 16.7. The molecule has 7 nitrogen and oxygen atoms in total. The Hall–Kier alpha value is -3.71. The Labute approximate surface area is 125 Å². The lowest BCUT2D eigenvalue weighted by atomic mass is 10.3. The lowest BCUT2D eigenvalue weighted by molar-refractivity contribution is 0.152. The highest BCUT2D eigenvalue weighted by molar-refractivity contribution is 5.67. The molecule has 0 amide bonds. The first kappa shape index (κ1) is 14.7. The summed E-state index contributed by atoms with van der Waals surface area (Å²) in [6.45, 7) is 0. The second kappa shape index (κ2) is 7.17. The zero-order valence-electron chi connectivity index (χ0n) is 11.1. The molecule has 0 bridgehead atoms. The van der Waals surface area contributed by atoms with Gasteiger partial charge in [0, 0.05) is 0 Å². The molecule has 0 saturated carbocycles. The van der Waals surface area contributed by atoms with Crippen molar-refractivity contribution < 1.29 is 23.7 Å². The molecule has 108 valence electrons. The maximum absolute atomic E-state index is 11.6. The molecule has 0 aromatic heterocycles. The predicted octanol–water partition coefficient (Wildman–Crippen LogP) is 2.98. The van der Waals surface area contributed by atoms with Gasteiger partial charge in [0.15, 0.2) is 0 Å². The molecule has 2 rings (SSSR count). The Balaban J connectivity index is 1.92. The van der Waals surface area contributed by atoms with Crippen LogP contribution in [0.2, 0.25) is 0 Å². The van der Waals surface area contributed by atoms with Crippen molar-refractivity contribution in [3.63, 3.8) is 0 Å². The Morgan fingerprint density at radius 3 is 1.32 bits per heavy atom. The molecule has 0 unspecified atom stereocenters. The van der Waals surface area contributed by atoms with E-state index in [1.165, 1.54) is 61.0 Å². The third kappa shape index (κ3) is 4.15. The molecule has 22 heavy (non-hydrogen) atoms. The van der Waals surface area contributed by atoms with Gasteiger partial charge in [-0.15, -0.1) is 10.5 Å². The fraction of sp³-hybridized carbons (Fsp3) is 0. The van der Waals surface area contributed by atoms with E-state index in [1.807, 2.05) is 0 Å². The van der Waals surface area contributed by atoms with E-state index in [-0.39, 0.29) is 11.5 Å². The molecule has 0 saturated heterocycles. The molecule has 0 heterocycles. The van der Waals surface area contributed by atoms with E-state index in [0.29, 0.717) is 11.5 Å². The van der Waals surface area contributed by atoms with Crippen LogP contribution in [0.1, 0.15) is 0 Å². The van der Waals surface area contributed by atoms with E-state index in [1.54, 1.807) is 0 Å². The van der Waals surface area contributed by atoms with Gasteiger partial charge in [-0.2, -0.15) is 0 Å². The van der Waals surface area contributed by atoms with Crippen LogP contribution >= 0.6 is 0 Å². The first-order valence-corrected chi connectivity index (χ1v) is 5.93. The average molecular weight is 296 g/mol. The summed E-state index contributed by atoms with van der Waals surface area (Å²) >= 11 is 0. The summed E-state index contributed by atoms with van der Waals surface area (Å²) < 4.78 is 19.1. The monoisotopic (exact) mass is 296 g/mol. The Morgan fingerprint density at radius 1 is 0.682 bits per heavy atom. The number of carbonyl (C=O) groups excluding carboxylic acids is 1. The number of benzene rings is 2. The highest BCUT2D eigenvalue weighted by Crippen LogP contribution is 2.20. The van der Waals surface area contributed by atoms with Crippen molar-refractivity contribution in [3.05, 3.63) is 48.5 Å². The van der Waals surface area contributed by atoms with Gasteiger partial charge in [-0.3, -0.25) is 0 Å². The minimum atomic E-state index is -0.928. The average Bonchev–Trinajstić information content (AvgIpc) is 2.52. The molecule has 0 radical (unpaired) electrons. The molecular weight excluding hydrogens is 288 g/mol. The number of nitrogens with zero attached hydrogens (tertiary/aromatic N) is 2. The Bertz CT molecular complexity index is 663. The van der Waals surface area contributed by atoms with Crippen molar-refractivity contribution in [1.82, 2.24) is 0 Å². The van der Waals surface area contributed by atoms with Gasteiger partial charge in [0.25, 0.3) is 12.5 Å². The molecule has 0 N–H and O–H groups in total. The first-order chi connectivity index (χ1) is 10.7. The minimum Gasteiger partial charge on any atom is -0.395 e. The maximum Gasteiger partial charge on any atom is 0.519 e. The number of ether oxygens (including phenoxy) is 4. The minimum absolute atomic E-state index is 0.236. The van der Waals surface area contributed by atoms with Crippen molar-refractivity contribution in [2.75, 3.05) is 0 Å². The van der Waals surface area contributed by atoms with Gasteiger partial charge in [-0.05, 0) is 48.5 Å². The van der Waals surface area contributed by atoms with E-state index in [2.05, 4.69) is 9.47 Å². The fourth-order valence-corrected chi connectivity index (χ4v) is 1.47. The molecule has 2 aromatic rings. The summed E-state index contributed by atoms with van der Waals surface area (Å²) in [7, 11) is 0. The van der Waals surface area contributed by atoms with E-state index in [4.69, 9.17) is 20.0 Å². The van der Waals surface area contributed by atoms with Gasteiger partial charge >= 0.3 is 6.16 Å². The fourth-order valence-electron chi connectivity index (χ4n) is 1.47. The zero-order chi connectivity index (χ0) is 15.8. The number of rotatable bonds is 4. The number of carbonyl (C=O) groups is 1. The van der Waals surface area contributed by atoms with E-state index in [0.717, 1.165) is 0 Å². The van der Waals surface area contributed by atoms with Gasteiger partial charge in [-0.1, -0.05) is 0 Å². The van der Waals surface area contributed by atoms with Crippen molar-refractivity contribution in [2.24, 2.45) is 0 Å². The van der Waals surface area contributed by atoms with E-state index < -0.39 is 6.16 Å². The second-order valence-corrected chi connectivity index (χ2v) is 3.78. The SMILES string of the molecule is N#COc1ccc(OC(=O)Oc2ccc(OC#N)cc2)cc1. The van der Waals surface area contributed by atoms with E-state index >= 15 is 0 Å². The van der Waals surface area contributed by atoms with Gasteiger partial charge in [0.2, 0.25) is 0 Å². The molecule has 0 spiro atoms. The number of hydrogen-bond donors (Lipinski definition) is 0. The van der Waals surface area contributed by atoms with Crippen LogP contribution in [0, 0.1) is 23.0 Å². The molecule has 0 fully saturated rings. The summed E-state index contributed by atoms with van der Waals surface area (Å²) in [6, 6.07) is 11.7. The Morgan fingerprint density at radius 2 is 1.00 bits per heavy atom. The normalized spacial score (nSPS) is 9.00. The van der Waals surface area contributed by atoms with Crippen LogP contribution in [-0.4, -0.2) is 6.16 Å². The molecule has 0 aliphatic rings. The second-order valence-electron chi connectivity index (χ2n) is 3.78. The quantitative estimate of drug-likeness (QED) is 0.485. The largest absolute Gasteiger partial charge is 0.519 e. The smallest absolute Gasteiger partial charge is 0.395 e. The van der Waals surface area contributed by atoms with E-state index in [9.17, 15) is 4.79 Å². The van der Waals surface area contributed by atoms with Crippen molar-refractivity contribution in [3.8, 4) is 35.5 Å². The zero-order valence-corrected chi connectivity index (χ0v) is 11.1. The third-order valence-electron chi connectivity index (χ3n) is 2.38. The molecule has 2 aromatic carbocycles. The highest BCUT2D eigenvalue weighted by Gasteiger charge is 2.08. The Kier molecular flexibility index (Phi) is 4.79. The van der Waals surface area contributed by atoms with Crippen LogP contribution in [0.15, 0.2) is 48.5 Å². The van der Waals surface area contributed by atoms with Gasteiger partial charge in [0.05, 0.1) is 0 Å². The van der Waals surface area contributed by atoms with Gasteiger partial charge < -0.3 is 18.9 Å². The first-order valence-electron chi connectivity index (χ1n) is 5.93. The molecule has 0 aliphatic heterocycles. The molecular formula is C15H8N2O5. The van der Waals surface area contributed by atoms with Crippen molar-refractivity contribution >= 4 is 6.16 Å². The van der Waals surface area contributed by atoms with Crippen LogP contribution in [0.4, 0.5) is 4.79 Å². The van der Waals surface area contributed by atoms with Crippen molar-refractivity contribution in [2.45, 2.75) is 0 Å². The molecule has 0 aliphatic carbocycles. The molecule has 7 heteroatoms. The number of hydrogen-bond acceptors (Lipinski definition) is 7. The van der Waals surface area contributed by atoms with Crippen LogP contribution in [-0.2, 0) is 0 Å². The number of nitriles is 2. The van der Waals surface area contributed by atoms with Crippen LogP contribution in [0.3, 0.4) is 0 Å². The molecule has 0 atom stereocenters. The summed E-state index contributed by atoms with van der Waals surface area (Å²) in [6.07, 6.45) is 2.13. The van der Waals surface area contributed by atoms with Gasteiger partial charge in [-0.25, -0.2) is 4.79 Å². The summed E-state index contributed by atoms with van der Waals surface area (Å²) in [5.74, 6) is 1.13. The standard InChI is InChI=1S/C15H8N2O5/c16-9-19-11-1-5-13(6-2-11)21-15(18)22-14-7-3-12(4-8-14)20-10-17/h1-8H. The summed E-state index contributed by atoms with van der Waals surface area (Å²) in [5.41, 5.74) is 0. The van der Waals surface area contributed by atoms with Gasteiger partial charge in [0.1, 0.15) is 23.0 Å². The maximum atomic E-state index is 11.6. The van der Waals surface area contributed by atoms with Crippen LogP contribution < -0.4 is 18.9 Å². The predicted molar refractivity (Wildman–Crippen MR) is 72.0 cm³/mol. The van der Waals surface area contributed by atoms with Crippen molar-refractivity contribution in [1.29, 1.82) is 10.5 Å². The summed E-state index contributed by atoms with van der Waals surface area (Å²) in [4.78, 5) is 11.6. The van der Waals surface area contributed by atoms with Crippen LogP contribution in [0.25, 0.3) is 0 Å². The third-order valence-corrected chi connectivity index (χ3v) is 2.38. The highest BCUT2D eigenvalue weighted by atomic mass is 16.7. The lowest BCUT2D eigenvalue weighted by Crippen LogP contribution is -2.13.